The van der Waals surface area contributed by atoms with Gasteiger partial charge >= 0.3 is 5.97 Å². The molecule has 1 aliphatic heterocycles. The van der Waals surface area contributed by atoms with Crippen LogP contribution in [0.2, 0.25) is 0 Å². The smallest absolute Gasteiger partial charge is 0.329 e. The van der Waals surface area contributed by atoms with Crippen molar-refractivity contribution < 1.29 is 23.9 Å². The van der Waals surface area contributed by atoms with Crippen molar-refractivity contribution >= 4 is 42.0 Å². The molecule has 3 amide bonds. The highest BCUT2D eigenvalue weighted by molar-refractivity contribution is 7.80. The lowest BCUT2D eigenvalue weighted by atomic mass is 10.0. The second kappa shape index (κ2) is 12.8. The van der Waals surface area contributed by atoms with Crippen LogP contribution in [0.5, 0.6) is 0 Å². The third-order valence-electron chi connectivity index (χ3n) is 4.89. The minimum Gasteiger partial charge on any atom is -0.456 e. The van der Waals surface area contributed by atoms with Gasteiger partial charge in [-0.3, -0.25) is 14.4 Å². The highest BCUT2D eigenvalue weighted by atomic mass is 32.1. The van der Waals surface area contributed by atoms with Crippen LogP contribution in [0.4, 0.5) is 5.69 Å². The first-order valence-electron chi connectivity index (χ1n) is 10.9. The molecule has 0 radical (unpaired) electrons. The zero-order chi connectivity index (χ0) is 25.3. The zero-order valence-electron chi connectivity index (χ0n) is 19.5. The van der Waals surface area contributed by atoms with Gasteiger partial charge in [0.2, 0.25) is 5.91 Å². The van der Waals surface area contributed by atoms with Gasteiger partial charge in [-0.25, -0.2) is 9.78 Å². The number of nitrogens with zero attached hydrogens (tertiary/aromatic N) is 1. The summed E-state index contributed by atoms with van der Waals surface area (Å²) in [6, 6.07) is 1.89. The Morgan fingerprint density at radius 1 is 1.24 bits per heavy atom. The van der Waals surface area contributed by atoms with E-state index in [0.29, 0.717) is 17.9 Å². The molecule has 2 rings (SSSR count). The van der Waals surface area contributed by atoms with Crippen molar-refractivity contribution in [3.8, 4) is 0 Å². The number of ether oxygens (including phenoxy) is 1. The van der Waals surface area contributed by atoms with Gasteiger partial charge in [-0.1, -0.05) is 26.0 Å². The number of hydrogen-bond acceptors (Lipinski definition) is 8. The first-order chi connectivity index (χ1) is 16.1. The Morgan fingerprint density at radius 2 is 1.97 bits per heavy atom. The van der Waals surface area contributed by atoms with Crippen LogP contribution in [0, 0.1) is 5.92 Å². The second-order valence-corrected chi connectivity index (χ2v) is 8.47. The summed E-state index contributed by atoms with van der Waals surface area (Å²) in [5.74, 6) is -2.13. The molecular weight excluding hydrogens is 458 g/mol. The fourth-order valence-electron chi connectivity index (χ4n) is 3.12. The number of nitrogens with one attached hydrogen (secondary N) is 3. The lowest BCUT2D eigenvalue weighted by molar-refractivity contribution is -0.153. The summed E-state index contributed by atoms with van der Waals surface area (Å²) in [6.07, 6.45) is 4.47. The minimum atomic E-state index is -1.01. The summed E-state index contributed by atoms with van der Waals surface area (Å²) in [4.78, 5) is 55.3. The number of cyclic esters (lactones) is 1. The number of rotatable bonds is 4. The Labute approximate surface area is 204 Å². The molecule has 2 atom stereocenters. The van der Waals surface area contributed by atoms with Crippen molar-refractivity contribution in [2.24, 2.45) is 5.92 Å². The maximum absolute atomic E-state index is 12.9. The zero-order valence-corrected chi connectivity index (χ0v) is 20.4. The number of amides is 3. The third kappa shape index (κ3) is 7.91. The van der Waals surface area contributed by atoms with E-state index in [1.54, 1.807) is 32.9 Å². The highest BCUT2D eigenvalue weighted by Gasteiger charge is 2.30. The molecule has 10 nitrogen and oxygen atoms in total. The maximum Gasteiger partial charge on any atom is 0.329 e. The van der Waals surface area contributed by atoms with Crippen molar-refractivity contribution in [2.75, 3.05) is 11.5 Å². The summed E-state index contributed by atoms with van der Waals surface area (Å²) in [6.45, 7) is 5.08. The summed E-state index contributed by atoms with van der Waals surface area (Å²) in [5, 5.41) is 7.80. The van der Waals surface area contributed by atoms with Gasteiger partial charge in [-0.15, -0.1) is 0 Å². The van der Waals surface area contributed by atoms with E-state index < -0.39 is 35.8 Å². The van der Waals surface area contributed by atoms with Crippen LogP contribution in [0.3, 0.4) is 0 Å². The minimum absolute atomic E-state index is 0.0107. The number of nitrogens with two attached hydrogens (primary N) is 1. The standard InChI is InChI=1S/C23H31N5O5S/c1-4-17-21(30)28-20(13(2)3)23(32)33-16(7-5-6-8-34)11-19(29)25-12-15-9-14(24)10-18(26-15)22(31)27-17/h4-5,7,9-10,13,16,20,34H,6,8,11-12H2,1-3H3,(H2,24,26)(H,25,29)(H,27,31)(H,28,30)/b7-5+,17-4-/t16-,20+/m1/s1. The molecule has 1 aromatic heterocycles. The van der Waals surface area contributed by atoms with Gasteiger partial charge in [-0.05, 0) is 43.2 Å². The van der Waals surface area contributed by atoms with E-state index in [0.717, 1.165) is 0 Å². The number of nitrogen functional groups attached to an aromatic ring is 1. The van der Waals surface area contributed by atoms with Crippen LogP contribution in [0.25, 0.3) is 0 Å². The highest BCUT2D eigenvalue weighted by Crippen LogP contribution is 2.13. The van der Waals surface area contributed by atoms with Crippen LogP contribution >= 0.6 is 12.6 Å². The molecule has 1 aliphatic rings. The molecule has 1 aromatic rings. The predicted octanol–water partition coefficient (Wildman–Crippen LogP) is 1.25. The first kappa shape index (κ1) is 26.9. The summed E-state index contributed by atoms with van der Waals surface area (Å²) < 4.78 is 5.57. The normalized spacial score (nSPS) is 21.9. The van der Waals surface area contributed by atoms with E-state index >= 15 is 0 Å². The molecule has 2 bridgehead atoms. The number of allylic oxidation sites excluding steroid dienone is 2. The Kier molecular flexibility index (Phi) is 10.1. The van der Waals surface area contributed by atoms with Crippen molar-refractivity contribution in [1.82, 2.24) is 20.9 Å². The van der Waals surface area contributed by atoms with E-state index in [-0.39, 0.29) is 36.0 Å². The number of aromatic nitrogens is 1. The van der Waals surface area contributed by atoms with Gasteiger partial charge in [0.25, 0.3) is 11.8 Å². The maximum atomic E-state index is 12.9. The molecule has 184 valence electrons. The van der Waals surface area contributed by atoms with Crippen LogP contribution in [-0.4, -0.2) is 46.6 Å². The monoisotopic (exact) mass is 489 g/mol. The molecule has 0 saturated carbocycles. The molecule has 0 unspecified atom stereocenters. The Bertz CT molecular complexity index is 992. The molecule has 0 fully saturated rings. The number of carbonyl (C=O) groups is 4. The topological polar surface area (TPSA) is 153 Å². The molecule has 0 spiro atoms. The number of fused-ring (bicyclic) bond motifs is 2. The first-order valence-corrected chi connectivity index (χ1v) is 11.6. The summed E-state index contributed by atoms with van der Waals surface area (Å²) >= 11 is 4.15. The summed E-state index contributed by atoms with van der Waals surface area (Å²) in [5.41, 5.74) is 6.46. The third-order valence-corrected chi connectivity index (χ3v) is 5.15. The summed E-state index contributed by atoms with van der Waals surface area (Å²) in [7, 11) is 0. The van der Waals surface area contributed by atoms with Crippen LogP contribution < -0.4 is 21.7 Å². The number of hydrogen-bond donors (Lipinski definition) is 5. The number of thiol groups is 1. The van der Waals surface area contributed by atoms with Gasteiger partial charge in [0, 0.05) is 5.69 Å². The molecule has 34 heavy (non-hydrogen) atoms. The van der Waals surface area contributed by atoms with E-state index in [1.807, 2.05) is 0 Å². The fourth-order valence-corrected chi connectivity index (χ4v) is 3.27. The number of anilines is 1. The average molecular weight is 490 g/mol. The van der Waals surface area contributed by atoms with E-state index in [4.69, 9.17) is 10.5 Å². The van der Waals surface area contributed by atoms with E-state index in [9.17, 15) is 19.2 Å². The van der Waals surface area contributed by atoms with Gasteiger partial charge < -0.3 is 26.4 Å². The second-order valence-electron chi connectivity index (χ2n) is 8.03. The van der Waals surface area contributed by atoms with E-state index in [2.05, 4.69) is 33.6 Å². The van der Waals surface area contributed by atoms with Gasteiger partial charge in [0.15, 0.2) is 0 Å². The largest absolute Gasteiger partial charge is 0.456 e. The molecular formula is C23H31N5O5S. The van der Waals surface area contributed by atoms with Crippen LogP contribution in [0.15, 0.2) is 36.1 Å². The predicted molar refractivity (Wildman–Crippen MR) is 131 cm³/mol. The number of carbonyl (C=O) groups excluding carboxylic acids is 4. The van der Waals surface area contributed by atoms with Crippen LogP contribution in [0.1, 0.15) is 49.8 Å². The van der Waals surface area contributed by atoms with Gasteiger partial charge in [-0.2, -0.15) is 12.6 Å². The quantitative estimate of drug-likeness (QED) is 0.185. The molecule has 5 N–H and O–H groups in total. The fraction of sp³-hybridized carbons (Fsp3) is 0.435. The molecule has 11 heteroatoms. The van der Waals surface area contributed by atoms with Crippen molar-refractivity contribution in [2.45, 2.75) is 52.3 Å². The van der Waals surface area contributed by atoms with Gasteiger partial charge in [0.1, 0.15) is 23.5 Å². The average Bonchev–Trinajstić information content (AvgIpc) is 2.78. The lowest BCUT2D eigenvalue weighted by Crippen LogP contribution is -2.48. The van der Waals surface area contributed by atoms with Crippen LogP contribution in [-0.2, 0) is 25.7 Å². The van der Waals surface area contributed by atoms with Gasteiger partial charge in [0.05, 0.1) is 18.7 Å². The number of pyridine rings is 1. The SMILES string of the molecule is C/C=C1\NC(=O)c2cc(N)cc(n2)CNC(=O)C[C@@H](/C=C/CCS)OC(=O)[C@H](C(C)C)NC1=O. The molecule has 0 aromatic carbocycles. The Balaban J connectivity index is 2.44. The Morgan fingerprint density at radius 3 is 2.62 bits per heavy atom. The molecule has 0 aliphatic carbocycles. The van der Waals surface area contributed by atoms with Crippen molar-refractivity contribution in [1.29, 1.82) is 0 Å². The number of esters is 1. The Hall–Kier alpha value is -3.34. The van der Waals surface area contributed by atoms with Crippen molar-refractivity contribution in [3.63, 3.8) is 0 Å². The lowest BCUT2D eigenvalue weighted by Gasteiger charge is -2.24. The van der Waals surface area contributed by atoms with E-state index in [1.165, 1.54) is 18.2 Å². The molecule has 2 heterocycles. The molecule has 0 saturated heterocycles. The van der Waals surface area contributed by atoms with Crippen molar-refractivity contribution in [3.05, 3.63) is 47.4 Å².